The van der Waals surface area contributed by atoms with E-state index in [1.807, 2.05) is 46.1 Å². The highest BCUT2D eigenvalue weighted by Gasteiger charge is 2.33. The Balaban J connectivity index is 0.00000119. The zero-order chi connectivity index (χ0) is 23.2. The fourth-order valence-corrected chi connectivity index (χ4v) is 4.33. The topological polar surface area (TPSA) is 93.9 Å². The van der Waals surface area contributed by atoms with Gasteiger partial charge in [0.1, 0.15) is 12.4 Å². The van der Waals surface area contributed by atoms with Crippen LogP contribution in [0.4, 0.5) is 0 Å². The second kappa shape index (κ2) is 8.37. The van der Waals surface area contributed by atoms with E-state index in [2.05, 4.69) is 4.90 Å². The van der Waals surface area contributed by atoms with Crippen LogP contribution in [-0.4, -0.2) is 46.7 Å². The molecule has 1 atom stereocenters. The molecular weight excluding hydrogens is 410 g/mol. The highest BCUT2D eigenvalue weighted by Crippen LogP contribution is 2.35. The van der Waals surface area contributed by atoms with Crippen LogP contribution in [0.15, 0.2) is 29.1 Å². The predicted molar refractivity (Wildman–Crippen MR) is 120 cm³/mol. The summed E-state index contributed by atoms with van der Waals surface area (Å²) >= 11 is 0. The van der Waals surface area contributed by atoms with E-state index in [0.29, 0.717) is 35.5 Å². The van der Waals surface area contributed by atoms with E-state index < -0.39 is 12.1 Å². The molecule has 0 fully saturated rings. The van der Waals surface area contributed by atoms with Crippen LogP contribution in [0.3, 0.4) is 0 Å². The first-order valence-corrected chi connectivity index (χ1v) is 10.7. The predicted octanol–water partition coefficient (Wildman–Crippen LogP) is 2.48. The number of aliphatic hydroxyl groups is 1. The lowest BCUT2D eigenvalue weighted by atomic mass is 10.0. The molecule has 2 aliphatic rings. The van der Waals surface area contributed by atoms with Gasteiger partial charge < -0.3 is 19.5 Å². The highest BCUT2D eigenvalue weighted by atomic mass is 16.5. The SMILES string of the molecule is CC.COc1ccc2nc3c(cc2c1CN(C)C)-n1c(cc2c(c1=O)COC(=O)[C@H]2O)C3. The molecule has 5 rings (SSSR count). The minimum atomic E-state index is -1.43. The number of methoxy groups -OCH3 is 1. The average molecular weight is 437 g/mol. The zero-order valence-electron chi connectivity index (χ0n) is 18.9. The van der Waals surface area contributed by atoms with Crippen LogP contribution in [0.2, 0.25) is 0 Å². The molecule has 2 aromatic heterocycles. The first-order valence-electron chi connectivity index (χ1n) is 10.7. The molecule has 2 aliphatic heterocycles. The fraction of sp³-hybridized carbons (Fsp3) is 0.375. The number of esters is 1. The zero-order valence-corrected chi connectivity index (χ0v) is 18.9. The van der Waals surface area contributed by atoms with Crippen LogP contribution in [0, 0.1) is 0 Å². The molecule has 0 amide bonds. The number of aromatic nitrogens is 2. The number of nitrogens with zero attached hydrogens (tertiary/aromatic N) is 3. The molecule has 0 saturated heterocycles. The van der Waals surface area contributed by atoms with Gasteiger partial charge in [-0.2, -0.15) is 0 Å². The molecule has 8 nitrogen and oxygen atoms in total. The molecule has 0 radical (unpaired) electrons. The number of carbonyl (C=O) groups is 1. The fourth-order valence-electron chi connectivity index (χ4n) is 4.33. The van der Waals surface area contributed by atoms with Gasteiger partial charge in [0.25, 0.3) is 5.56 Å². The molecule has 4 heterocycles. The van der Waals surface area contributed by atoms with Crippen LogP contribution in [0.25, 0.3) is 16.6 Å². The van der Waals surface area contributed by atoms with Crippen molar-refractivity contribution in [2.75, 3.05) is 21.2 Å². The number of aliphatic hydroxyl groups excluding tert-OH is 1. The standard InChI is InChI=1S/C22H21N3O5.C2H6/c1-24(2)9-14-12-8-18-17(23-16(12)4-5-19(14)29-3)7-11-6-13-15(21(27)25(11)18)10-30-22(28)20(13)26;1-2/h4-6,8,20,26H,7,9-10H2,1-3H3;1-2H3/t20-;/m0./s1. The summed E-state index contributed by atoms with van der Waals surface area (Å²) in [5, 5.41) is 11.1. The largest absolute Gasteiger partial charge is 0.496 e. The second-order valence-corrected chi connectivity index (χ2v) is 7.90. The molecular formula is C24H27N3O5. The number of pyridine rings is 2. The van der Waals surface area contributed by atoms with Gasteiger partial charge in [-0.1, -0.05) is 13.8 Å². The van der Waals surface area contributed by atoms with Crippen molar-refractivity contribution in [2.45, 2.75) is 39.5 Å². The van der Waals surface area contributed by atoms with Gasteiger partial charge in [0, 0.05) is 35.2 Å². The second-order valence-electron chi connectivity index (χ2n) is 7.90. The highest BCUT2D eigenvalue weighted by molar-refractivity contribution is 5.87. The Labute approximate surface area is 186 Å². The number of benzene rings is 1. The molecule has 8 heteroatoms. The Morgan fingerprint density at radius 2 is 2.00 bits per heavy atom. The van der Waals surface area contributed by atoms with Gasteiger partial charge in [0.15, 0.2) is 6.10 Å². The number of fused-ring (bicyclic) bond motifs is 5. The smallest absolute Gasteiger partial charge is 0.340 e. The maximum Gasteiger partial charge on any atom is 0.340 e. The molecule has 1 N–H and O–H groups in total. The maximum absolute atomic E-state index is 13.2. The first-order chi connectivity index (χ1) is 15.4. The molecule has 32 heavy (non-hydrogen) atoms. The monoisotopic (exact) mass is 437 g/mol. The van der Waals surface area contributed by atoms with Gasteiger partial charge in [-0.3, -0.25) is 14.3 Å². The van der Waals surface area contributed by atoms with E-state index in [1.54, 1.807) is 17.7 Å². The van der Waals surface area contributed by atoms with Crippen LogP contribution in [0.5, 0.6) is 5.75 Å². The average Bonchev–Trinajstić information content (AvgIpc) is 3.14. The van der Waals surface area contributed by atoms with Gasteiger partial charge >= 0.3 is 5.97 Å². The normalized spacial score (nSPS) is 16.1. The minimum Gasteiger partial charge on any atom is -0.496 e. The van der Waals surface area contributed by atoms with Crippen LogP contribution in [0.1, 0.15) is 48.0 Å². The number of hydrogen-bond acceptors (Lipinski definition) is 7. The lowest BCUT2D eigenvalue weighted by molar-refractivity contribution is -0.157. The molecule has 168 valence electrons. The van der Waals surface area contributed by atoms with E-state index in [1.165, 1.54) is 0 Å². The third kappa shape index (κ3) is 3.36. The van der Waals surface area contributed by atoms with Crippen molar-refractivity contribution >= 4 is 16.9 Å². The van der Waals surface area contributed by atoms with E-state index >= 15 is 0 Å². The Bertz CT molecular complexity index is 1280. The summed E-state index contributed by atoms with van der Waals surface area (Å²) in [5.41, 5.74) is 4.37. The third-order valence-electron chi connectivity index (χ3n) is 5.70. The van der Waals surface area contributed by atoms with Crippen LogP contribution >= 0.6 is 0 Å². The molecule has 0 saturated carbocycles. The molecule has 3 aromatic rings. The van der Waals surface area contributed by atoms with E-state index in [-0.39, 0.29) is 12.2 Å². The third-order valence-corrected chi connectivity index (χ3v) is 5.70. The Kier molecular flexibility index (Phi) is 5.75. The Morgan fingerprint density at radius 1 is 1.25 bits per heavy atom. The summed E-state index contributed by atoms with van der Waals surface area (Å²) < 4.78 is 12.1. The van der Waals surface area contributed by atoms with Gasteiger partial charge in [0.2, 0.25) is 0 Å². The summed E-state index contributed by atoms with van der Waals surface area (Å²) in [6.07, 6.45) is -0.982. The van der Waals surface area contributed by atoms with Crippen LogP contribution < -0.4 is 10.3 Å². The number of hydrogen-bond donors (Lipinski definition) is 1. The quantitative estimate of drug-likeness (QED) is 0.492. The molecule has 0 spiro atoms. The number of carbonyl (C=O) groups excluding carboxylic acids is 1. The van der Waals surface area contributed by atoms with Crippen molar-refractivity contribution in [1.82, 2.24) is 14.5 Å². The summed E-state index contributed by atoms with van der Waals surface area (Å²) in [4.78, 5) is 31.8. The van der Waals surface area contributed by atoms with E-state index in [4.69, 9.17) is 14.5 Å². The number of ether oxygens (including phenoxy) is 2. The Hall–Kier alpha value is -3.23. The molecule has 0 bridgehead atoms. The number of cyclic esters (lactones) is 1. The Morgan fingerprint density at radius 3 is 2.69 bits per heavy atom. The molecule has 0 aliphatic carbocycles. The molecule has 1 aromatic carbocycles. The van der Waals surface area contributed by atoms with Crippen molar-refractivity contribution in [3.05, 3.63) is 62.7 Å². The lowest BCUT2D eigenvalue weighted by Gasteiger charge is -2.21. The summed E-state index contributed by atoms with van der Waals surface area (Å²) in [6.45, 7) is 4.52. The van der Waals surface area contributed by atoms with Crippen molar-refractivity contribution in [3.8, 4) is 11.4 Å². The van der Waals surface area contributed by atoms with Gasteiger partial charge in [-0.25, -0.2) is 4.79 Å². The van der Waals surface area contributed by atoms with E-state index in [9.17, 15) is 14.7 Å². The van der Waals surface area contributed by atoms with Gasteiger partial charge in [0.05, 0.1) is 29.6 Å². The lowest BCUT2D eigenvalue weighted by Crippen LogP contribution is -2.32. The van der Waals surface area contributed by atoms with Gasteiger partial charge in [-0.15, -0.1) is 0 Å². The minimum absolute atomic E-state index is 0.139. The van der Waals surface area contributed by atoms with Gasteiger partial charge in [-0.05, 0) is 38.4 Å². The van der Waals surface area contributed by atoms with Crippen molar-refractivity contribution in [3.63, 3.8) is 0 Å². The van der Waals surface area contributed by atoms with Crippen molar-refractivity contribution in [1.29, 1.82) is 0 Å². The van der Waals surface area contributed by atoms with Crippen molar-refractivity contribution in [2.24, 2.45) is 0 Å². The maximum atomic E-state index is 13.2. The van der Waals surface area contributed by atoms with Crippen molar-refractivity contribution < 1.29 is 19.4 Å². The summed E-state index contributed by atoms with van der Waals surface area (Å²) in [7, 11) is 5.61. The molecule has 0 unspecified atom stereocenters. The first kappa shape index (κ1) is 22.0. The summed E-state index contributed by atoms with van der Waals surface area (Å²) in [5.74, 6) is 0.0376. The number of rotatable bonds is 3. The van der Waals surface area contributed by atoms with E-state index in [0.717, 1.165) is 27.9 Å². The summed E-state index contributed by atoms with van der Waals surface area (Å²) in [6, 6.07) is 7.53. The van der Waals surface area contributed by atoms with Crippen LogP contribution in [-0.2, 0) is 29.1 Å².